The molecular weight excluding hydrogens is 258 g/mol. The van der Waals surface area contributed by atoms with Gasteiger partial charge >= 0.3 is 0 Å². The molecule has 5 nitrogen and oxygen atoms in total. The first-order valence-electron chi connectivity index (χ1n) is 6.26. The van der Waals surface area contributed by atoms with Crippen molar-refractivity contribution in [2.45, 2.75) is 13.0 Å². The van der Waals surface area contributed by atoms with Gasteiger partial charge in [-0.15, -0.1) is 0 Å². The van der Waals surface area contributed by atoms with Crippen molar-refractivity contribution >= 4 is 11.8 Å². The summed E-state index contributed by atoms with van der Waals surface area (Å²) in [7, 11) is 0. The lowest BCUT2D eigenvalue weighted by Gasteiger charge is -2.30. The summed E-state index contributed by atoms with van der Waals surface area (Å²) < 4.78 is 4.90. The minimum Gasteiger partial charge on any atom is -0.384 e. The highest BCUT2D eigenvalue weighted by Crippen LogP contribution is 2.23. The number of aliphatic hydroxyl groups excluding tert-OH is 1. The number of ether oxygens (including phenoxy) is 1. The Morgan fingerprint density at radius 1 is 1.35 bits per heavy atom. The number of benzene rings is 1. The van der Waals surface area contributed by atoms with E-state index in [9.17, 15) is 9.59 Å². The summed E-state index contributed by atoms with van der Waals surface area (Å²) in [6, 6.07) is 6.90. The molecule has 1 aliphatic rings. The largest absolute Gasteiger partial charge is 0.384 e. The van der Waals surface area contributed by atoms with Crippen LogP contribution in [0.3, 0.4) is 0 Å². The highest BCUT2D eigenvalue weighted by atomic mass is 16.5. The molecule has 1 saturated heterocycles. The van der Waals surface area contributed by atoms with Crippen molar-refractivity contribution < 1.29 is 19.4 Å². The van der Waals surface area contributed by atoms with Crippen molar-refractivity contribution in [3.63, 3.8) is 0 Å². The Balaban J connectivity index is 2.26. The number of amides is 2. The third kappa shape index (κ3) is 3.05. The van der Waals surface area contributed by atoms with E-state index >= 15 is 0 Å². The first-order valence-corrected chi connectivity index (χ1v) is 6.26. The Bertz CT molecular complexity index is 569. The Labute approximate surface area is 117 Å². The number of hydrogen-bond acceptors (Lipinski definition) is 4. The number of hydrogen-bond donors (Lipinski definition) is 1. The zero-order valence-electron chi connectivity index (χ0n) is 11.1. The average Bonchev–Trinajstić information content (AvgIpc) is 2.45. The smallest absolute Gasteiger partial charge is 0.255 e. The predicted molar refractivity (Wildman–Crippen MR) is 71.5 cm³/mol. The van der Waals surface area contributed by atoms with Crippen molar-refractivity contribution in [3.8, 4) is 11.8 Å². The van der Waals surface area contributed by atoms with Crippen LogP contribution < -0.4 is 0 Å². The summed E-state index contributed by atoms with van der Waals surface area (Å²) in [4.78, 5) is 24.8. The van der Waals surface area contributed by atoms with Gasteiger partial charge in [-0.05, 0) is 24.6 Å². The van der Waals surface area contributed by atoms with E-state index in [-0.39, 0.29) is 37.7 Å². The monoisotopic (exact) mass is 273 g/mol. The van der Waals surface area contributed by atoms with Crippen molar-refractivity contribution in [1.82, 2.24) is 4.90 Å². The SMILES string of the molecule is CC(c1cccc(C#CCO)c1)N1C(=O)COCC1=O. The number of morpholine rings is 1. The van der Waals surface area contributed by atoms with Gasteiger partial charge in [-0.2, -0.15) is 0 Å². The molecular formula is C15H15NO4. The Kier molecular flexibility index (Phi) is 4.51. The van der Waals surface area contributed by atoms with Gasteiger partial charge < -0.3 is 9.84 Å². The summed E-state index contributed by atoms with van der Waals surface area (Å²) in [5.74, 6) is 4.70. The molecule has 1 unspecified atom stereocenters. The van der Waals surface area contributed by atoms with Gasteiger partial charge in [0.2, 0.25) is 0 Å². The van der Waals surface area contributed by atoms with Crippen molar-refractivity contribution in [2.24, 2.45) is 0 Å². The molecule has 1 aliphatic heterocycles. The van der Waals surface area contributed by atoms with E-state index in [0.717, 1.165) is 11.1 Å². The molecule has 2 amide bonds. The quantitative estimate of drug-likeness (QED) is 0.628. The van der Waals surface area contributed by atoms with E-state index in [0.29, 0.717) is 0 Å². The molecule has 2 rings (SSSR count). The maximum absolute atomic E-state index is 11.8. The molecule has 0 aromatic heterocycles. The lowest BCUT2D eigenvalue weighted by molar-refractivity contribution is -0.161. The van der Waals surface area contributed by atoms with Crippen LogP contribution in [0.15, 0.2) is 24.3 Å². The van der Waals surface area contributed by atoms with Gasteiger partial charge in [-0.1, -0.05) is 24.0 Å². The molecule has 0 spiro atoms. The van der Waals surface area contributed by atoms with E-state index in [1.165, 1.54) is 4.90 Å². The minimum absolute atomic E-state index is 0.0694. The predicted octanol–water partition coefficient (Wildman–Crippen LogP) is 0.477. The van der Waals surface area contributed by atoms with Crippen LogP contribution in [0.2, 0.25) is 0 Å². The molecule has 1 heterocycles. The van der Waals surface area contributed by atoms with E-state index in [4.69, 9.17) is 9.84 Å². The summed E-state index contributed by atoms with van der Waals surface area (Å²) in [5.41, 5.74) is 1.55. The average molecular weight is 273 g/mol. The van der Waals surface area contributed by atoms with Crippen LogP contribution in [-0.2, 0) is 14.3 Å². The molecule has 0 bridgehead atoms. The fourth-order valence-electron chi connectivity index (χ4n) is 2.10. The van der Waals surface area contributed by atoms with Gasteiger partial charge in [0, 0.05) is 5.56 Å². The lowest BCUT2D eigenvalue weighted by Crippen LogP contribution is -2.47. The second-order valence-electron chi connectivity index (χ2n) is 4.41. The van der Waals surface area contributed by atoms with Crippen LogP contribution in [-0.4, -0.2) is 41.6 Å². The topological polar surface area (TPSA) is 66.8 Å². The molecule has 104 valence electrons. The third-order valence-corrected chi connectivity index (χ3v) is 3.06. The summed E-state index contributed by atoms with van der Waals surface area (Å²) in [6.45, 7) is 1.44. The fourth-order valence-corrected chi connectivity index (χ4v) is 2.10. The standard InChI is InChI=1S/C15H15NO4/c1-11(16-14(18)9-20-10-15(16)19)13-6-2-4-12(8-13)5-3-7-17/h2,4,6,8,11,17H,7,9-10H2,1H3. The minimum atomic E-state index is -0.366. The van der Waals surface area contributed by atoms with Gasteiger partial charge in [0.25, 0.3) is 11.8 Å². The molecule has 20 heavy (non-hydrogen) atoms. The number of imide groups is 1. The molecule has 0 aliphatic carbocycles. The fraction of sp³-hybridized carbons (Fsp3) is 0.333. The number of nitrogens with zero attached hydrogens (tertiary/aromatic N) is 1. The zero-order valence-corrected chi connectivity index (χ0v) is 11.1. The van der Waals surface area contributed by atoms with Gasteiger partial charge in [-0.25, -0.2) is 0 Å². The highest BCUT2D eigenvalue weighted by Gasteiger charge is 2.31. The van der Waals surface area contributed by atoms with Crippen LogP contribution in [0.4, 0.5) is 0 Å². The Hall–Kier alpha value is -2.16. The molecule has 1 atom stereocenters. The maximum atomic E-state index is 11.8. The van der Waals surface area contributed by atoms with Crippen LogP contribution >= 0.6 is 0 Å². The van der Waals surface area contributed by atoms with Gasteiger partial charge in [0.15, 0.2) is 0 Å². The number of rotatable bonds is 2. The maximum Gasteiger partial charge on any atom is 0.255 e. The van der Waals surface area contributed by atoms with Crippen LogP contribution in [0.25, 0.3) is 0 Å². The van der Waals surface area contributed by atoms with Crippen LogP contribution in [0.1, 0.15) is 24.1 Å². The van der Waals surface area contributed by atoms with E-state index < -0.39 is 0 Å². The number of carbonyl (C=O) groups is 2. The van der Waals surface area contributed by atoms with E-state index in [1.54, 1.807) is 6.92 Å². The molecule has 1 fully saturated rings. The van der Waals surface area contributed by atoms with Gasteiger partial charge in [-0.3, -0.25) is 14.5 Å². The van der Waals surface area contributed by atoms with Crippen LogP contribution in [0.5, 0.6) is 0 Å². The first-order chi connectivity index (χ1) is 9.63. The molecule has 0 saturated carbocycles. The molecule has 0 radical (unpaired) electrons. The number of carbonyl (C=O) groups excluding carboxylic acids is 2. The van der Waals surface area contributed by atoms with Crippen molar-refractivity contribution in [3.05, 3.63) is 35.4 Å². The second kappa shape index (κ2) is 6.33. The first kappa shape index (κ1) is 14.3. The van der Waals surface area contributed by atoms with Crippen molar-refractivity contribution in [2.75, 3.05) is 19.8 Å². The number of aliphatic hydroxyl groups is 1. The lowest BCUT2D eigenvalue weighted by atomic mass is 10.0. The third-order valence-electron chi connectivity index (χ3n) is 3.06. The molecule has 1 aromatic rings. The Morgan fingerprint density at radius 3 is 2.70 bits per heavy atom. The van der Waals surface area contributed by atoms with E-state index in [2.05, 4.69) is 11.8 Å². The second-order valence-corrected chi connectivity index (χ2v) is 4.41. The highest BCUT2D eigenvalue weighted by molar-refractivity contribution is 5.98. The molecule has 1 N–H and O–H groups in total. The molecule has 5 heteroatoms. The van der Waals surface area contributed by atoms with E-state index in [1.807, 2.05) is 24.3 Å². The summed E-state index contributed by atoms with van der Waals surface area (Å²) in [6.07, 6.45) is 0. The van der Waals surface area contributed by atoms with Crippen LogP contribution in [0, 0.1) is 11.8 Å². The Morgan fingerprint density at radius 2 is 2.05 bits per heavy atom. The zero-order chi connectivity index (χ0) is 14.5. The molecule has 1 aromatic carbocycles. The van der Waals surface area contributed by atoms with Crippen molar-refractivity contribution in [1.29, 1.82) is 0 Å². The van der Waals surface area contributed by atoms with Gasteiger partial charge in [0.05, 0.1) is 6.04 Å². The normalized spacial score (nSPS) is 16.6. The summed E-state index contributed by atoms with van der Waals surface area (Å²) >= 11 is 0. The summed E-state index contributed by atoms with van der Waals surface area (Å²) in [5, 5.41) is 8.69. The van der Waals surface area contributed by atoms with Gasteiger partial charge in [0.1, 0.15) is 19.8 Å².